The number of nitrogens with zero attached hydrogens (tertiary/aromatic N) is 2. The molecule has 0 aliphatic heterocycles. The molecular weight excluding hydrogens is 435 g/mol. The number of ketones is 1. The minimum atomic E-state index is -1.15. The van der Waals surface area contributed by atoms with Gasteiger partial charge in [0, 0.05) is 22.6 Å². The number of thioether (sulfide) groups is 1. The molecule has 0 saturated carbocycles. The van der Waals surface area contributed by atoms with Gasteiger partial charge in [-0.25, -0.2) is 14.4 Å². The summed E-state index contributed by atoms with van der Waals surface area (Å²) in [7, 11) is 0.271. The molecule has 2 rings (SSSR count). The largest absolute Gasteiger partial charge is 0.496 e. The van der Waals surface area contributed by atoms with Crippen molar-refractivity contribution in [2.75, 3.05) is 32.5 Å². The van der Waals surface area contributed by atoms with Crippen molar-refractivity contribution in [2.45, 2.75) is 49.9 Å². The van der Waals surface area contributed by atoms with E-state index in [1.54, 1.807) is 6.20 Å². The third-order valence-electron chi connectivity index (χ3n) is 5.34. The Balaban J connectivity index is 2.14. The fourth-order valence-electron chi connectivity index (χ4n) is 2.71. The molecule has 8 heteroatoms. The molecule has 172 valence electrons. The molecular formula is C23H33FN2O3S2. The summed E-state index contributed by atoms with van der Waals surface area (Å²) >= 11 is 1.37. The lowest BCUT2D eigenvalue weighted by molar-refractivity contribution is 0.102. The average molecular weight is 469 g/mol. The van der Waals surface area contributed by atoms with Crippen molar-refractivity contribution < 1.29 is 18.1 Å². The lowest BCUT2D eigenvalue weighted by atomic mass is 10.0. The van der Waals surface area contributed by atoms with E-state index in [-0.39, 0.29) is 21.8 Å². The first kappa shape index (κ1) is 25.6. The summed E-state index contributed by atoms with van der Waals surface area (Å²) in [5.74, 6) is -0.554. The first-order chi connectivity index (χ1) is 14.5. The highest BCUT2D eigenvalue weighted by Gasteiger charge is 2.28. The number of halogens is 1. The van der Waals surface area contributed by atoms with E-state index in [0.29, 0.717) is 23.9 Å². The molecule has 0 atom stereocenters. The van der Waals surface area contributed by atoms with Crippen LogP contribution in [0, 0.1) is 5.82 Å². The van der Waals surface area contributed by atoms with Crippen LogP contribution < -0.4 is 4.74 Å². The maximum atomic E-state index is 13.6. The first-order valence-electron chi connectivity index (χ1n) is 10.2. The fourth-order valence-corrected chi connectivity index (χ4v) is 3.94. The lowest BCUT2D eigenvalue weighted by Gasteiger charge is -2.43. The van der Waals surface area contributed by atoms with Gasteiger partial charge in [-0.15, -0.1) is 10.3 Å². The highest BCUT2D eigenvalue weighted by molar-refractivity contribution is 8.29. The summed E-state index contributed by atoms with van der Waals surface area (Å²) in [6, 6.07) is 3.90. The number of rotatable bonds is 10. The first-order valence-corrected chi connectivity index (χ1v) is 13.8. The Labute approximate surface area is 191 Å². The Bertz CT molecular complexity index is 914. The summed E-state index contributed by atoms with van der Waals surface area (Å²) < 4.78 is 25.1. The van der Waals surface area contributed by atoms with Gasteiger partial charge in [-0.3, -0.25) is 4.79 Å². The van der Waals surface area contributed by atoms with Crippen molar-refractivity contribution in [1.82, 2.24) is 9.97 Å². The second kappa shape index (κ2) is 10.8. The molecule has 0 bridgehead atoms. The number of aryl methyl sites for hydroxylation is 1. The van der Waals surface area contributed by atoms with E-state index in [0.717, 1.165) is 18.4 Å². The van der Waals surface area contributed by atoms with E-state index in [1.807, 2.05) is 6.26 Å². The molecule has 0 fully saturated rings. The van der Waals surface area contributed by atoms with E-state index in [4.69, 9.17) is 8.92 Å². The van der Waals surface area contributed by atoms with Crippen molar-refractivity contribution >= 4 is 27.9 Å². The van der Waals surface area contributed by atoms with Crippen LogP contribution >= 0.6 is 22.1 Å². The van der Waals surface area contributed by atoms with Crippen LogP contribution in [-0.4, -0.2) is 53.0 Å². The highest BCUT2D eigenvalue weighted by Crippen LogP contribution is 2.53. The van der Waals surface area contributed by atoms with Gasteiger partial charge in [-0.05, 0) is 50.2 Å². The Morgan fingerprint density at radius 1 is 1.23 bits per heavy atom. The highest BCUT2D eigenvalue weighted by atomic mass is 32.3. The zero-order valence-corrected chi connectivity index (χ0v) is 21.1. The van der Waals surface area contributed by atoms with Gasteiger partial charge < -0.3 is 8.92 Å². The van der Waals surface area contributed by atoms with Crippen molar-refractivity contribution in [2.24, 2.45) is 0 Å². The quantitative estimate of drug-likeness (QED) is 0.193. The summed E-state index contributed by atoms with van der Waals surface area (Å²) in [6.45, 7) is 7.29. The van der Waals surface area contributed by atoms with Crippen LogP contribution in [0.2, 0.25) is 0 Å². The van der Waals surface area contributed by atoms with Crippen LogP contribution in [0.1, 0.15) is 55.2 Å². The van der Waals surface area contributed by atoms with Crippen LogP contribution in [0.4, 0.5) is 4.39 Å². The van der Waals surface area contributed by atoms with Crippen LogP contribution in [0.5, 0.6) is 5.75 Å². The predicted octanol–water partition coefficient (Wildman–Crippen LogP) is 5.69. The van der Waals surface area contributed by atoms with Gasteiger partial charge in [0.05, 0.1) is 19.3 Å². The number of carbonyl (C=O) groups excluding carboxylic acids is 1. The molecule has 1 aromatic heterocycles. The minimum absolute atomic E-state index is 0.127. The van der Waals surface area contributed by atoms with Crippen LogP contribution in [-0.2, 0) is 10.6 Å². The van der Waals surface area contributed by atoms with Gasteiger partial charge in [0.25, 0.3) is 0 Å². The standard InChI is InChI=1S/C23H33FN2O3S2/c1-23(2,3)31(6,7)29-13-9-8-10-16-15-25-22(30-5)26-20(16)21(27)18-12-11-17(24)14-19(18)28-4/h11-12,14-15H,8-10,13H2,1-7H3. The van der Waals surface area contributed by atoms with E-state index < -0.39 is 16.1 Å². The van der Waals surface area contributed by atoms with Gasteiger partial charge in [-0.1, -0.05) is 32.5 Å². The molecule has 0 aliphatic rings. The number of unbranched alkanes of at least 4 members (excludes halogenated alkanes) is 1. The molecule has 31 heavy (non-hydrogen) atoms. The summed E-state index contributed by atoms with van der Waals surface area (Å²) in [4.78, 5) is 22.0. The molecule has 0 radical (unpaired) electrons. The summed E-state index contributed by atoms with van der Waals surface area (Å²) in [5, 5.41) is 0.520. The number of hydrogen-bond acceptors (Lipinski definition) is 6. The number of aromatic nitrogens is 2. The maximum absolute atomic E-state index is 13.6. The summed E-state index contributed by atoms with van der Waals surface area (Å²) in [5.41, 5.74) is 1.40. The molecule has 0 saturated heterocycles. The van der Waals surface area contributed by atoms with E-state index in [9.17, 15) is 9.18 Å². The Morgan fingerprint density at radius 2 is 1.94 bits per heavy atom. The van der Waals surface area contributed by atoms with E-state index in [1.165, 1.54) is 37.1 Å². The molecule has 0 aliphatic carbocycles. The lowest BCUT2D eigenvalue weighted by Crippen LogP contribution is -2.25. The van der Waals surface area contributed by atoms with E-state index in [2.05, 4.69) is 43.3 Å². The molecule has 0 N–H and O–H groups in total. The van der Waals surface area contributed by atoms with E-state index >= 15 is 0 Å². The molecule has 0 unspecified atom stereocenters. The number of methoxy groups -OCH3 is 1. The van der Waals surface area contributed by atoms with Crippen molar-refractivity contribution in [3.05, 3.63) is 47.0 Å². The van der Waals surface area contributed by atoms with Crippen LogP contribution in [0.25, 0.3) is 0 Å². The van der Waals surface area contributed by atoms with Gasteiger partial charge in [0.15, 0.2) is 5.16 Å². The molecule has 5 nitrogen and oxygen atoms in total. The van der Waals surface area contributed by atoms with Gasteiger partial charge in [0.2, 0.25) is 5.78 Å². The van der Waals surface area contributed by atoms with Gasteiger partial charge in [0.1, 0.15) is 17.3 Å². The van der Waals surface area contributed by atoms with Gasteiger partial charge in [-0.2, -0.15) is 0 Å². The average Bonchev–Trinajstić information content (AvgIpc) is 2.72. The number of ether oxygens (including phenoxy) is 1. The molecule has 0 amide bonds. The number of benzene rings is 1. The Kier molecular flexibility index (Phi) is 8.92. The molecule has 1 aromatic carbocycles. The second-order valence-corrected chi connectivity index (χ2v) is 13.2. The normalized spacial score (nSPS) is 12.6. The predicted molar refractivity (Wildman–Crippen MR) is 128 cm³/mol. The van der Waals surface area contributed by atoms with Crippen LogP contribution in [0.15, 0.2) is 29.6 Å². The fraction of sp³-hybridized carbons (Fsp3) is 0.522. The third kappa shape index (κ3) is 6.67. The molecule has 0 spiro atoms. The summed E-state index contributed by atoms with van der Waals surface area (Å²) in [6.07, 6.45) is 10.3. The maximum Gasteiger partial charge on any atom is 0.215 e. The minimum Gasteiger partial charge on any atom is -0.496 e. The molecule has 2 aromatic rings. The monoisotopic (exact) mass is 468 g/mol. The Hall–Kier alpha value is -1.64. The zero-order valence-electron chi connectivity index (χ0n) is 19.5. The van der Waals surface area contributed by atoms with Crippen molar-refractivity contribution in [3.8, 4) is 5.75 Å². The molecule has 1 heterocycles. The number of carbonyl (C=O) groups is 1. The topological polar surface area (TPSA) is 61.3 Å². The second-order valence-electron chi connectivity index (χ2n) is 8.53. The van der Waals surface area contributed by atoms with Crippen molar-refractivity contribution in [1.29, 1.82) is 0 Å². The van der Waals surface area contributed by atoms with Gasteiger partial charge >= 0.3 is 0 Å². The number of hydrogen-bond donors (Lipinski definition) is 0. The van der Waals surface area contributed by atoms with Crippen molar-refractivity contribution in [3.63, 3.8) is 0 Å². The third-order valence-corrected chi connectivity index (χ3v) is 9.61. The Morgan fingerprint density at radius 3 is 2.55 bits per heavy atom. The SMILES string of the molecule is COc1cc(F)ccc1C(=O)c1nc(SC)ncc1CCCCOS(C)(C)C(C)(C)C. The zero-order chi connectivity index (χ0) is 23.2. The van der Waals surface area contributed by atoms with Crippen LogP contribution in [0.3, 0.4) is 0 Å². The smallest absolute Gasteiger partial charge is 0.215 e.